The molecule has 86 valence electrons. The Labute approximate surface area is 99.2 Å². The predicted molar refractivity (Wildman–Crippen MR) is 66.7 cm³/mol. The molecular weight excluding hydrogens is 224 g/mol. The molecule has 1 unspecified atom stereocenters. The summed E-state index contributed by atoms with van der Waals surface area (Å²) in [5.74, 6) is 0. The number of fused-ring (bicyclic) bond motifs is 1. The molecule has 0 spiro atoms. The van der Waals surface area contributed by atoms with Crippen LogP contribution in [0.1, 0.15) is 12.6 Å². The van der Waals surface area contributed by atoms with Crippen molar-refractivity contribution in [1.82, 2.24) is 4.98 Å². The first-order valence-electron chi connectivity index (χ1n) is 5.17. The van der Waals surface area contributed by atoms with Crippen LogP contribution < -0.4 is 5.73 Å². The molecule has 0 aliphatic heterocycles. The van der Waals surface area contributed by atoms with Gasteiger partial charge in [-0.15, -0.1) is 0 Å². The number of H-pyrrole nitrogens is 1. The van der Waals surface area contributed by atoms with Gasteiger partial charge in [0.2, 0.25) is 0 Å². The topological polar surface area (TPSA) is 62.0 Å². The Morgan fingerprint density at radius 3 is 2.88 bits per heavy atom. The third kappa shape index (κ3) is 2.38. The fourth-order valence-electron chi connectivity index (χ4n) is 1.75. The number of aliphatic hydroxyl groups excluding tert-OH is 1. The maximum atomic E-state index is 9.11. The van der Waals surface area contributed by atoms with Crippen molar-refractivity contribution in [1.29, 1.82) is 0 Å². The van der Waals surface area contributed by atoms with Crippen molar-refractivity contribution >= 4 is 22.5 Å². The highest BCUT2D eigenvalue weighted by Gasteiger charge is 2.18. The van der Waals surface area contributed by atoms with Crippen molar-refractivity contribution in [2.24, 2.45) is 5.73 Å². The number of benzene rings is 1. The van der Waals surface area contributed by atoms with Crippen molar-refractivity contribution in [2.45, 2.75) is 18.9 Å². The summed E-state index contributed by atoms with van der Waals surface area (Å²) in [6.07, 6.45) is 0.607. The molecule has 1 atom stereocenters. The normalized spacial score (nSPS) is 15.2. The number of aliphatic hydroxyl groups is 1. The van der Waals surface area contributed by atoms with Gasteiger partial charge in [0, 0.05) is 33.6 Å². The number of aromatic amines is 1. The standard InChI is InChI=1S/C12H15ClN2O/c1-12(14,7-16)6-10-5-8-4-9(13)2-3-11(8)15-10/h2-5,15-16H,6-7,14H2,1H3. The molecular formula is C12H15ClN2O. The molecule has 0 saturated heterocycles. The monoisotopic (exact) mass is 238 g/mol. The van der Waals surface area contributed by atoms with Gasteiger partial charge in [0.05, 0.1) is 6.61 Å². The maximum absolute atomic E-state index is 9.11. The van der Waals surface area contributed by atoms with Gasteiger partial charge >= 0.3 is 0 Å². The molecule has 16 heavy (non-hydrogen) atoms. The third-order valence-corrected chi connectivity index (χ3v) is 2.83. The zero-order valence-corrected chi connectivity index (χ0v) is 9.88. The van der Waals surface area contributed by atoms with Gasteiger partial charge in [-0.1, -0.05) is 11.6 Å². The molecule has 1 heterocycles. The Morgan fingerprint density at radius 2 is 2.19 bits per heavy atom. The second-order valence-corrected chi connectivity index (χ2v) is 4.95. The van der Waals surface area contributed by atoms with Crippen LogP contribution in [0.15, 0.2) is 24.3 Å². The molecule has 2 rings (SSSR count). The average molecular weight is 239 g/mol. The lowest BCUT2D eigenvalue weighted by molar-refractivity contribution is 0.207. The molecule has 2 aromatic rings. The second kappa shape index (κ2) is 4.09. The van der Waals surface area contributed by atoms with Gasteiger partial charge in [-0.05, 0) is 31.2 Å². The van der Waals surface area contributed by atoms with Crippen molar-refractivity contribution in [3.63, 3.8) is 0 Å². The van der Waals surface area contributed by atoms with Crippen LogP contribution in [0.4, 0.5) is 0 Å². The molecule has 0 saturated carbocycles. The van der Waals surface area contributed by atoms with Crippen LogP contribution in [0.3, 0.4) is 0 Å². The molecule has 1 aromatic carbocycles. The van der Waals surface area contributed by atoms with Crippen LogP contribution in [-0.4, -0.2) is 22.2 Å². The van der Waals surface area contributed by atoms with E-state index in [1.807, 2.05) is 31.2 Å². The van der Waals surface area contributed by atoms with E-state index >= 15 is 0 Å². The van der Waals surface area contributed by atoms with Crippen molar-refractivity contribution < 1.29 is 5.11 Å². The molecule has 4 N–H and O–H groups in total. The lowest BCUT2D eigenvalue weighted by Crippen LogP contribution is -2.42. The van der Waals surface area contributed by atoms with E-state index < -0.39 is 5.54 Å². The first-order chi connectivity index (χ1) is 7.50. The van der Waals surface area contributed by atoms with Crippen LogP contribution in [-0.2, 0) is 6.42 Å². The Kier molecular flexibility index (Phi) is 2.93. The van der Waals surface area contributed by atoms with Gasteiger partial charge in [-0.2, -0.15) is 0 Å². The number of hydrogen-bond donors (Lipinski definition) is 3. The summed E-state index contributed by atoms with van der Waals surface area (Å²) in [6.45, 7) is 1.79. The Hall–Kier alpha value is -1.03. The fraction of sp³-hybridized carbons (Fsp3) is 0.333. The van der Waals surface area contributed by atoms with Crippen LogP contribution in [0, 0.1) is 0 Å². The fourth-order valence-corrected chi connectivity index (χ4v) is 1.93. The maximum Gasteiger partial charge on any atom is 0.0612 e. The van der Waals surface area contributed by atoms with E-state index in [0.29, 0.717) is 6.42 Å². The summed E-state index contributed by atoms with van der Waals surface area (Å²) in [7, 11) is 0. The first kappa shape index (κ1) is 11.5. The van der Waals surface area contributed by atoms with Crippen molar-refractivity contribution in [3.8, 4) is 0 Å². The van der Waals surface area contributed by atoms with Gasteiger partial charge < -0.3 is 15.8 Å². The zero-order chi connectivity index (χ0) is 11.8. The van der Waals surface area contributed by atoms with Crippen molar-refractivity contribution in [3.05, 3.63) is 35.0 Å². The minimum Gasteiger partial charge on any atom is -0.394 e. The zero-order valence-electron chi connectivity index (χ0n) is 9.13. The largest absolute Gasteiger partial charge is 0.394 e. The van der Waals surface area contributed by atoms with E-state index in [4.69, 9.17) is 22.4 Å². The minimum atomic E-state index is -0.593. The second-order valence-electron chi connectivity index (χ2n) is 4.52. The average Bonchev–Trinajstić information content (AvgIpc) is 2.58. The summed E-state index contributed by atoms with van der Waals surface area (Å²) >= 11 is 5.91. The highest BCUT2D eigenvalue weighted by atomic mass is 35.5. The summed E-state index contributed by atoms with van der Waals surface area (Å²) in [5, 5.41) is 10.9. The minimum absolute atomic E-state index is 0.0386. The molecule has 0 aliphatic rings. The number of halogens is 1. The third-order valence-electron chi connectivity index (χ3n) is 2.59. The van der Waals surface area contributed by atoms with E-state index in [0.717, 1.165) is 21.6 Å². The number of aromatic nitrogens is 1. The highest BCUT2D eigenvalue weighted by Crippen LogP contribution is 2.21. The number of nitrogens with one attached hydrogen (secondary N) is 1. The van der Waals surface area contributed by atoms with Crippen LogP contribution >= 0.6 is 11.6 Å². The summed E-state index contributed by atoms with van der Waals surface area (Å²) in [5.41, 5.74) is 7.36. The summed E-state index contributed by atoms with van der Waals surface area (Å²) < 4.78 is 0. The van der Waals surface area contributed by atoms with E-state index in [2.05, 4.69) is 4.98 Å². The van der Waals surface area contributed by atoms with Crippen LogP contribution in [0.5, 0.6) is 0 Å². The van der Waals surface area contributed by atoms with Gasteiger partial charge in [0.15, 0.2) is 0 Å². The van der Waals surface area contributed by atoms with Crippen LogP contribution in [0.2, 0.25) is 5.02 Å². The SMILES string of the molecule is CC(N)(CO)Cc1cc2cc(Cl)ccc2[nH]1. The Bertz CT molecular complexity index is 505. The number of rotatable bonds is 3. The van der Waals surface area contributed by atoms with Gasteiger partial charge in [-0.25, -0.2) is 0 Å². The molecule has 0 bridgehead atoms. The van der Waals surface area contributed by atoms with Gasteiger partial charge in [0.25, 0.3) is 0 Å². The summed E-state index contributed by atoms with van der Waals surface area (Å²) in [4.78, 5) is 3.26. The van der Waals surface area contributed by atoms with Crippen LogP contribution in [0.25, 0.3) is 10.9 Å². The summed E-state index contributed by atoms with van der Waals surface area (Å²) in [6, 6.07) is 7.71. The van der Waals surface area contributed by atoms with Gasteiger partial charge in [-0.3, -0.25) is 0 Å². The lowest BCUT2D eigenvalue weighted by Gasteiger charge is -2.20. The van der Waals surface area contributed by atoms with E-state index in [-0.39, 0.29) is 6.61 Å². The quantitative estimate of drug-likeness (QED) is 0.767. The molecule has 0 fully saturated rings. The van der Waals surface area contributed by atoms with E-state index in [1.165, 1.54) is 0 Å². The molecule has 3 nitrogen and oxygen atoms in total. The van der Waals surface area contributed by atoms with E-state index in [1.54, 1.807) is 0 Å². The highest BCUT2D eigenvalue weighted by molar-refractivity contribution is 6.31. The molecule has 1 aromatic heterocycles. The predicted octanol–water partition coefficient (Wildman–Crippen LogP) is 2.07. The van der Waals surface area contributed by atoms with Gasteiger partial charge in [0.1, 0.15) is 0 Å². The first-order valence-corrected chi connectivity index (χ1v) is 5.55. The molecule has 0 aliphatic carbocycles. The molecule has 4 heteroatoms. The number of nitrogens with two attached hydrogens (primary N) is 1. The van der Waals surface area contributed by atoms with E-state index in [9.17, 15) is 0 Å². The smallest absolute Gasteiger partial charge is 0.0612 e. The molecule has 0 radical (unpaired) electrons. The lowest BCUT2D eigenvalue weighted by atomic mass is 9.98. The van der Waals surface area contributed by atoms with Crippen molar-refractivity contribution in [2.75, 3.05) is 6.61 Å². The number of hydrogen-bond acceptors (Lipinski definition) is 2. The molecule has 0 amide bonds. The Balaban J connectivity index is 2.33. The Morgan fingerprint density at radius 1 is 1.44 bits per heavy atom.